The Morgan fingerprint density at radius 1 is 1.23 bits per heavy atom. The number of amides is 2. The van der Waals surface area contributed by atoms with Gasteiger partial charge in [0.15, 0.2) is 0 Å². The molecule has 2 rings (SSSR count). The van der Waals surface area contributed by atoms with E-state index in [9.17, 15) is 9.59 Å². The number of thioether (sulfide) groups is 1. The average molecular weight is 395 g/mol. The van der Waals surface area contributed by atoms with Crippen LogP contribution in [0.4, 0.5) is 0 Å². The molecule has 2 heterocycles. The van der Waals surface area contributed by atoms with E-state index in [4.69, 9.17) is 0 Å². The molecule has 142 valence electrons. The normalized spacial score (nSPS) is 11.2. The zero-order valence-electron chi connectivity index (χ0n) is 16.2. The molecule has 0 atom stereocenters. The quantitative estimate of drug-likeness (QED) is 0.577. The number of aryl methyl sites for hydroxylation is 3. The first-order chi connectivity index (χ1) is 12.2. The van der Waals surface area contributed by atoms with Crippen molar-refractivity contribution in [3.05, 3.63) is 16.3 Å². The van der Waals surface area contributed by atoms with Crippen molar-refractivity contribution < 1.29 is 9.59 Å². The van der Waals surface area contributed by atoms with Crippen molar-refractivity contribution in [2.24, 2.45) is 0 Å². The number of fused-ring (bicyclic) bond motifs is 1. The minimum atomic E-state index is -0.134. The van der Waals surface area contributed by atoms with Crippen LogP contribution in [-0.4, -0.2) is 51.6 Å². The summed E-state index contributed by atoms with van der Waals surface area (Å²) in [4.78, 5) is 37.3. The number of carbonyl (C=O) groups excluding carboxylic acids is 2. The van der Waals surface area contributed by atoms with E-state index >= 15 is 0 Å². The third-order valence-corrected chi connectivity index (χ3v) is 6.02. The average Bonchev–Trinajstić information content (AvgIpc) is 2.83. The first-order valence-electron chi connectivity index (χ1n) is 8.67. The molecule has 8 heteroatoms. The van der Waals surface area contributed by atoms with Gasteiger partial charge in [0.05, 0.1) is 12.3 Å². The van der Waals surface area contributed by atoms with Gasteiger partial charge in [-0.1, -0.05) is 11.8 Å². The largest absolute Gasteiger partial charge is 0.352 e. The SMILES string of the molecule is CCN(CC(=O)NC(C)C)C(=O)CSc1nc(C)nc2sc(C)c(C)c12. The molecule has 0 aromatic carbocycles. The van der Waals surface area contributed by atoms with E-state index in [0.717, 1.165) is 15.2 Å². The van der Waals surface area contributed by atoms with Crippen LogP contribution < -0.4 is 5.32 Å². The second-order valence-corrected chi connectivity index (χ2v) is 8.63. The first kappa shape index (κ1) is 20.6. The topological polar surface area (TPSA) is 75.2 Å². The minimum Gasteiger partial charge on any atom is -0.352 e. The number of rotatable bonds is 7. The highest BCUT2D eigenvalue weighted by atomic mass is 32.2. The number of carbonyl (C=O) groups is 2. The maximum absolute atomic E-state index is 12.6. The highest BCUT2D eigenvalue weighted by Crippen LogP contribution is 2.35. The van der Waals surface area contributed by atoms with Crippen LogP contribution in [0.15, 0.2) is 5.03 Å². The van der Waals surface area contributed by atoms with Gasteiger partial charge < -0.3 is 10.2 Å². The smallest absolute Gasteiger partial charge is 0.239 e. The minimum absolute atomic E-state index is 0.0627. The Kier molecular flexibility index (Phi) is 7.00. The molecule has 0 radical (unpaired) electrons. The van der Waals surface area contributed by atoms with E-state index in [0.29, 0.717) is 12.4 Å². The van der Waals surface area contributed by atoms with Crippen LogP contribution in [0.2, 0.25) is 0 Å². The Hall–Kier alpha value is -1.67. The van der Waals surface area contributed by atoms with Crippen LogP contribution in [-0.2, 0) is 9.59 Å². The maximum Gasteiger partial charge on any atom is 0.239 e. The summed E-state index contributed by atoms with van der Waals surface area (Å²) in [7, 11) is 0. The number of thiophene rings is 1. The number of hydrogen-bond donors (Lipinski definition) is 1. The lowest BCUT2D eigenvalue weighted by molar-refractivity contribution is -0.134. The molecule has 26 heavy (non-hydrogen) atoms. The second kappa shape index (κ2) is 8.81. The molecule has 2 aromatic heterocycles. The molecule has 0 fully saturated rings. The van der Waals surface area contributed by atoms with Crippen LogP contribution >= 0.6 is 23.1 Å². The van der Waals surface area contributed by atoms with Crippen LogP contribution in [0.25, 0.3) is 10.2 Å². The second-order valence-electron chi connectivity index (χ2n) is 6.46. The lowest BCUT2D eigenvalue weighted by atomic mass is 10.2. The number of hydrogen-bond acceptors (Lipinski definition) is 6. The lowest BCUT2D eigenvalue weighted by Crippen LogP contribution is -2.43. The zero-order chi connectivity index (χ0) is 19.4. The Balaban J connectivity index is 2.11. The fourth-order valence-corrected chi connectivity index (χ4v) is 4.73. The van der Waals surface area contributed by atoms with E-state index in [1.165, 1.54) is 22.2 Å². The zero-order valence-corrected chi connectivity index (χ0v) is 17.8. The predicted octanol–water partition coefficient (Wildman–Crippen LogP) is 3.08. The van der Waals surface area contributed by atoms with Gasteiger partial charge in [0.1, 0.15) is 15.7 Å². The third-order valence-electron chi connectivity index (χ3n) is 3.96. The molecule has 0 unspecified atom stereocenters. The van der Waals surface area contributed by atoms with Crippen LogP contribution in [0.1, 0.15) is 37.0 Å². The number of aromatic nitrogens is 2. The Bertz CT molecular complexity index is 817. The fourth-order valence-electron chi connectivity index (χ4n) is 2.56. The molecule has 0 aliphatic rings. The Morgan fingerprint density at radius 3 is 2.54 bits per heavy atom. The van der Waals surface area contributed by atoms with Crippen molar-refractivity contribution in [2.45, 2.75) is 52.6 Å². The first-order valence-corrected chi connectivity index (χ1v) is 10.5. The molecule has 0 bridgehead atoms. The molecule has 0 saturated carbocycles. The van der Waals surface area contributed by atoms with Crippen molar-refractivity contribution in [3.63, 3.8) is 0 Å². The summed E-state index contributed by atoms with van der Waals surface area (Å²) in [5, 5.41) is 4.70. The van der Waals surface area contributed by atoms with E-state index in [1.807, 2.05) is 27.7 Å². The van der Waals surface area contributed by atoms with Gasteiger partial charge in [-0.05, 0) is 47.1 Å². The van der Waals surface area contributed by atoms with Crippen molar-refractivity contribution >= 4 is 45.1 Å². The maximum atomic E-state index is 12.6. The molecular formula is C18H26N4O2S2. The fraction of sp³-hybridized carbons (Fsp3) is 0.556. The highest BCUT2D eigenvalue weighted by Gasteiger charge is 2.19. The molecule has 2 aromatic rings. The summed E-state index contributed by atoms with van der Waals surface area (Å²) >= 11 is 3.07. The number of nitrogens with one attached hydrogen (secondary N) is 1. The Morgan fingerprint density at radius 2 is 1.92 bits per heavy atom. The van der Waals surface area contributed by atoms with Gasteiger partial charge in [-0.15, -0.1) is 11.3 Å². The number of likely N-dealkylation sites (N-methyl/N-ethyl adjacent to an activating group) is 1. The van der Waals surface area contributed by atoms with E-state index in [1.54, 1.807) is 16.2 Å². The molecule has 0 aliphatic heterocycles. The lowest BCUT2D eigenvalue weighted by Gasteiger charge is -2.21. The molecule has 0 saturated heterocycles. The van der Waals surface area contributed by atoms with Gasteiger partial charge in [0.25, 0.3) is 0 Å². The highest BCUT2D eigenvalue weighted by molar-refractivity contribution is 8.00. The van der Waals surface area contributed by atoms with Gasteiger partial charge in [-0.3, -0.25) is 9.59 Å². The monoisotopic (exact) mass is 394 g/mol. The number of nitrogens with zero attached hydrogens (tertiary/aromatic N) is 3. The summed E-state index contributed by atoms with van der Waals surface area (Å²) < 4.78 is 0. The van der Waals surface area contributed by atoms with Gasteiger partial charge >= 0.3 is 0 Å². The van der Waals surface area contributed by atoms with E-state index in [2.05, 4.69) is 29.1 Å². The summed E-state index contributed by atoms with van der Waals surface area (Å²) in [6, 6.07) is 0.0627. The molecule has 0 aliphatic carbocycles. The van der Waals surface area contributed by atoms with Crippen LogP contribution in [0, 0.1) is 20.8 Å². The summed E-state index contributed by atoms with van der Waals surface area (Å²) in [5.41, 5.74) is 1.17. The van der Waals surface area contributed by atoms with Crippen LogP contribution in [0.5, 0.6) is 0 Å². The predicted molar refractivity (Wildman–Crippen MR) is 108 cm³/mol. The van der Waals surface area contributed by atoms with Crippen molar-refractivity contribution in [3.8, 4) is 0 Å². The van der Waals surface area contributed by atoms with Crippen molar-refractivity contribution in [1.29, 1.82) is 0 Å². The van der Waals surface area contributed by atoms with Gasteiger partial charge in [0, 0.05) is 22.8 Å². The standard InChI is InChI=1S/C18H26N4O2S2/c1-7-22(8-14(23)19-10(2)3)15(24)9-25-17-16-11(4)12(5)26-18(16)21-13(6)20-17/h10H,7-9H2,1-6H3,(H,19,23). The van der Waals surface area contributed by atoms with E-state index < -0.39 is 0 Å². The van der Waals surface area contributed by atoms with E-state index in [-0.39, 0.29) is 30.2 Å². The van der Waals surface area contributed by atoms with Gasteiger partial charge in [-0.2, -0.15) is 0 Å². The summed E-state index contributed by atoms with van der Waals surface area (Å²) in [6.07, 6.45) is 0. The molecule has 2 amide bonds. The van der Waals surface area contributed by atoms with Gasteiger partial charge in [-0.25, -0.2) is 9.97 Å². The van der Waals surface area contributed by atoms with Crippen molar-refractivity contribution in [2.75, 3.05) is 18.8 Å². The summed E-state index contributed by atoms with van der Waals surface area (Å²) in [5.74, 6) is 0.760. The van der Waals surface area contributed by atoms with Crippen molar-refractivity contribution in [1.82, 2.24) is 20.2 Å². The molecular weight excluding hydrogens is 368 g/mol. The molecule has 1 N–H and O–H groups in total. The Labute approximate surface area is 162 Å². The molecule has 0 spiro atoms. The third kappa shape index (κ3) is 4.94. The van der Waals surface area contributed by atoms with Gasteiger partial charge in [0.2, 0.25) is 11.8 Å². The van der Waals surface area contributed by atoms with Crippen LogP contribution in [0.3, 0.4) is 0 Å². The molecule has 6 nitrogen and oxygen atoms in total. The summed E-state index contributed by atoms with van der Waals surface area (Å²) in [6.45, 7) is 12.3.